The molecule has 0 aliphatic carbocycles. The second kappa shape index (κ2) is 11.9. The van der Waals surface area contributed by atoms with E-state index in [1.165, 1.54) is 37.7 Å². The Balaban J connectivity index is 1.80. The van der Waals surface area contributed by atoms with Crippen molar-refractivity contribution in [2.24, 2.45) is 0 Å². The van der Waals surface area contributed by atoms with E-state index in [2.05, 4.69) is 12.1 Å². The minimum atomic E-state index is 0.729. The van der Waals surface area contributed by atoms with Crippen LogP contribution in [0.25, 0.3) is 0 Å². The molecule has 106 valence electrons. The summed E-state index contributed by atoms with van der Waals surface area (Å²) in [4.78, 5) is 10.1. The highest BCUT2D eigenvalue weighted by atomic mass is 16.5. The lowest BCUT2D eigenvalue weighted by atomic mass is 10.1. The van der Waals surface area contributed by atoms with Gasteiger partial charge in [-0.25, -0.2) is 0 Å². The first-order chi connectivity index (χ1) is 9.43. The fourth-order valence-electron chi connectivity index (χ4n) is 2.08. The number of hydrogen-bond donors (Lipinski definition) is 0. The Morgan fingerprint density at radius 1 is 0.842 bits per heavy atom. The highest BCUT2D eigenvalue weighted by Crippen LogP contribution is 2.08. The van der Waals surface area contributed by atoms with Crippen molar-refractivity contribution in [1.29, 1.82) is 0 Å². The Hall–Kier alpha value is -1.15. The monoisotopic (exact) mass is 262 g/mol. The normalized spacial score (nSPS) is 10.5. The molecule has 0 fully saturated rings. The van der Waals surface area contributed by atoms with Gasteiger partial charge in [-0.3, -0.25) is 0 Å². The van der Waals surface area contributed by atoms with Crippen molar-refractivity contribution in [2.45, 2.75) is 58.0 Å². The third kappa shape index (κ3) is 9.43. The Labute approximate surface area is 117 Å². The van der Waals surface area contributed by atoms with Gasteiger partial charge in [-0.2, -0.15) is 0 Å². The molecule has 0 saturated heterocycles. The minimum absolute atomic E-state index is 0.729. The molecular weight excluding hydrogens is 236 g/mol. The lowest BCUT2D eigenvalue weighted by molar-refractivity contribution is -0.107. The maximum atomic E-state index is 10.1. The van der Waals surface area contributed by atoms with Crippen molar-refractivity contribution in [3.05, 3.63) is 35.9 Å². The molecule has 0 aliphatic heterocycles. The molecule has 0 aliphatic rings. The number of rotatable bonds is 12. The number of ether oxygens (including phenoxy) is 1. The molecule has 0 spiro atoms. The van der Waals surface area contributed by atoms with Crippen molar-refractivity contribution < 1.29 is 9.53 Å². The molecule has 2 nitrogen and oxygen atoms in total. The van der Waals surface area contributed by atoms with Gasteiger partial charge >= 0.3 is 0 Å². The van der Waals surface area contributed by atoms with E-state index in [1.54, 1.807) is 0 Å². The maximum Gasteiger partial charge on any atom is 0.119 e. The molecule has 0 amide bonds. The van der Waals surface area contributed by atoms with Gasteiger partial charge in [0.15, 0.2) is 0 Å². The Kier molecular flexibility index (Phi) is 9.97. The third-order valence-electron chi connectivity index (χ3n) is 3.22. The smallest absolute Gasteiger partial charge is 0.119 e. The minimum Gasteiger partial charge on any atom is -0.377 e. The van der Waals surface area contributed by atoms with Gasteiger partial charge in [0.1, 0.15) is 6.29 Å². The molecule has 0 bridgehead atoms. The van der Waals surface area contributed by atoms with E-state index in [0.717, 1.165) is 38.8 Å². The van der Waals surface area contributed by atoms with Crippen molar-refractivity contribution >= 4 is 6.29 Å². The number of carbonyl (C=O) groups is 1. The lowest BCUT2D eigenvalue weighted by Gasteiger charge is -2.04. The van der Waals surface area contributed by atoms with Crippen LogP contribution in [0.1, 0.15) is 56.9 Å². The summed E-state index contributed by atoms with van der Waals surface area (Å²) < 4.78 is 5.64. The van der Waals surface area contributed by atoms with Crippen LogP contribution in [0.2, 0.25) is 0 Å². The van der Waals surface area contributed by atoms with Gasteiger partial charge in [-0.1, -0.05) is 62.4 Å². The molecule has 0 atom stereocenters. The van der Waals surface area contributed by atoms with E-state index in [4.69, 9.17) is 4.74 Å². The molecular formula is C17H26O2. The summed E-state index contributed by atoms with van der Waals surface area (Å²) in [5.74, 6) is 0. The van der Waals surface area contributed by atoms with E-state index < -0.39 is 0 Å². The van der Waals surface area contributed by atoms with E-state index in [9.17, 15) is 4.79 Å². The average molecular weight is 262 g/mol. The first-order valence-electron chi connectivity index (χ1n) is 7.49. The Bertz CT molecular complexity index is 308. The van der Waals surface area contributed by atoms with E-state index in [-0.39, 0.29) is 0 Å². The highest BCUT2D eigenvalue weighted by molar-refractivity contribution is 5.48. The molecule has 0 saturated carbocycles. The topological polar surface area (TPSA) is 26.3 Å². The third-order valence-corrected chi connectivity index (χ3v) is 3.22. The van der Waals surface area contributed by atoms with E-state index in [0.29, 0.717) is 0 Å². The lowest BCUT2D eigenvalue weighted by Crippen LogP contribution is -1.95. The van der Waals surface area contributed by atoms with Crippen LogP contribution < -0.4 is 0 Å². The summed E-state index contributed by atoms with van der Waals surface area (Å²) in [5, 5.41) is 0. The standard InChI is InChI=1S/C17H26O2/c18-14-10-5-3-1-2-4-6-11-15-19-16-17-12-8-7-9-13-17/h7-9,12-14H,1-6,10-11,15-16H2. The van der Waals surface area contributed by atoms with Crippen molar-refractivity contribution in [3.63, 3.8) is 0 Å². The van der Waals surface area contributed by atoms with Crippen LogP contribution in [0, 0.1) is 0 Å². The van der Waals surface area contributed by atoms with Gasteiger partial charge in [0.05, 0.1) is 6.61 Å². The number of hydrogen-bond acceptors (Lipinski definition) is 2. The summed E-state index contributed by atoms with van der Waals surface area (Å²) in [5.41, 5.74) is 1.25. The molecule has 0 aromatic heterocycles. The number of carbonyl (C=O) groups excluding carboxylic acids is 1. The summed E-state index contributed by atoms with van der Waals surface area (Å²) >= 11 is 0. The molecule has 1 rings (SSSR count). The van der Waals surface area contributed by atoms with Gasteiger partial charge in [-0.15, -0.1) is 0 Å². The number of benzene rings is 1. The predicted molar refractivity (Wildman–Crippen MR) is 79.1 cm³/mol. The summed E-state index contributed by atoms with van der Waals surface area (Å²) in [6.45, 7) is 1.59. The Morgan fingerprint density at radius 2 is 1.47 bits per heavy atom. The number of aldehydes is 1. The Morgan fingerprint density at radius 3 is 2.16 bits per heavy atom. The van der Waals surface area contributed by atoms with Crippen LogP contribution in [0.5, 0.6) is 0 Å². The molecule has 0 radical (unpaired) electrons. The zero-order valence-corrected chi connectivity index (χ0v) is 11.9. The zero-order chi connectivity index (χ0) is 13.6. The molecule has 2 heteroatoms. The van der Waals surface area contributed by atoms with E-state index >= 15 is 0 Å². The largest absolute Gasteiger partial charge is 0.377 e. The van der Waals surface area contributed by atoms with Crippen molar-refractivity contribution in [3.8, 4) is 0 Å². The molecule has 0 unspecified atom stereocenters. The quantitative estimate of drug-likeness (QED) is 0.409. The van der Waals surface area contributed by atoms with Gasteiger partial charge in [-0.05, 0) is 18.4 Å². The molecule has 0 heterocycles. The predicted octanol–water partition coefficient (Wildman–Crippen LogP) is 4.52. The molecule has 1 aromatic carbocycles. The van der Waals surface area contributed by atoms with Crippen LogP contribution in [-0.2, 0) is 16.1 Å². The van der Waals surface area contributed by atoms with Crippen LogP contribution in [0.4, 0.5) is 0 Å². The van der Waals surface area contributed by atoms with Gasteiger partial charge in [0.25, 0.3) is 0 Å². The average Bonchev–Trinajstić information content (AvgIpc) is 2.46. The SMILES string of the molecule is O=CCCCCCCCCCOCc1ccccc1. The number of unbranched alkanes of at least 4 members (excludes halogenated alkanes) is 7. The van der Waals surface area contributed by atoms with Crippen molar-refractivity contribution in [2.75, 3.05) is 6.61 Å². The summed E-state index contributed by atoms with van der Waals surface area (Å²) in [6.07, 6.45) is 10.3. The van der Waals surface area contributed by atoms with Crippen LogP contribution >= 0.6 is 0 Å². The molecule has 1 aromatic rings. The second-order valence-corrected chi connectivity index (χ2v) is 4.97. The van der Waals surface area contributed by atoms with Crippen LogP contribution in [0.15, 0.2) is 30.3 Å². The fourth-order valence-corrected chi connectivity index (χ4v) is 2.08. The first-order valence-corrected chi connectivity index (χ1v) is 7.49. The fraction of sp³-hybridized carbons (Fsp3) is 0.588. The maximum absolute atomic E-state index is 10.1. The van der Waals surface area contributed by atoms with Gasteiger partial charge < -0.3 is 9.53 Å². The molecule has 19 heavy (non-hydrogen) atoms. The summed E-state index contributed by atoms with van der Waals surface area (Å²) in [6, 6.07) is 10.3. The zero-order valence-electron chi connectivity index (χ0n) is 11.9. The second-order valence-electron chi connectivity index (χ2n) is 4.97. The highest BCUT2D eigenvalue weighted by Gasteiger charge is 1.94. The van der Waals surface area contributed by atoms with Crippen LogP contribution in [0.3, 0.4) is 0 Å². The van der Waals surface area contributed by atoms with Crippen molar-refractivity contribution in [1.82, 2.24) is 0 Å². The van der Waals surface area contributed by atoms with Gasteiger partial charge in [0.2, 0.25) is 0 Å². The molecule has 0 N–H and O–H groups in total. The first kappa shape index (κ1) is 15.9. The van der Waals surface area contributed by atoms with Gasteiger partial charge in [0, 0.05) is 13.0 Å². The van der Waals surface area contributed by atoms with E-state index in [1.807, 2.05) is 18.2 Å². The van der Waals surface area contributed by atoms with Crippen LogP contribution in [-0.4, -0.2) is 12.9 Å². The summed E-state index contributed by atoms with van der Waals surface area (Å²) in [7, 11) is 0.